The van der Waals surface area contributed by atoms with Gasteiger partial charge >= 0.3 is 29.2 Å². The zero-order valence-electron chi connectivity index (χ0n) is 20.6. The molecule has 18 nitrogen and oxygen atoms in total. The lowest BCUT2D eigenvalue weighted by Gasteiger charge is -2.19. The van der Waals surface area contributed by atoms with Gasteiger partial charge in [0.2, 0.25) is 5.91 Å². The summed E-state index contributed by atoms with van der Waals surface area (Å²) in [7, 11) is -16.5. The topological polar surface area (TPSA) is 268 Å². The number of ether oxygens (including phenoxy) is 2. The molecule has 1 aromatic rings. The van der Waals surface area contributed by atoms with E-state index < -0.39 is 48.1 Å². The first-order chi connectivity index (χ1) is 18.1. The molecular formula is C18H29N4O14P3. The van der Waals surface area contributed by atoms with Crippen molar-refractivity contribution >= 4 is 35.2 Å². The minimum Gasteiger partial charge on any atom is -0.382 e. The third-order valence-electron chi connectivity index (χ3n) is 4.63. The quantitative estimate of drug-likeness (QED) is 0.0918. The van der Waals surface area contributed by atoms with Gasteiger partial charge in [-0.1, -0.05) is 18.8 Å². The molecule has 1 aliphatic heterocycles. The number of aromatic nitrogens is 2. The van der Waals surface area contributed by atoms with Crippen molar-refractivity contribution in [3.05, 3.63) is 22.2 Å². The molecule has 0 aromatic carbocycles. The highest BCUT2D eigenvalue weighted by molar-refractivity contribution is 7.66. The van der Waals surface area contributed by atoms with Crippen molar-refractivity contribution in [2.75, 3.05) is 32.1 Å². The maximum absolute atomic E-state index is 12.3. The van der Waals surface area contributed by atoms with Crippen LogP contribution in [-0.4, -0.2) is 67.5 Å². The monoisotopic (exact) mass is 618 g/mol. The minimum atomic E-state index is -5.65. The van der Waals surface area contributed by atoms with Crippen molar-refractivity contribution in [2.24, 2.45) is 0 Å². The van der Waals surface area contributed by atoms with E-state index in [1.807, 2.05) is 6.92 Å². The zero-order valence-corrected chi connectivity index (χ0v) is 23.3. The smallest absolute Gasteiger partial charge is 0.382 e. The Morgan fingerprint density at radius 1 is 1.21 bits per heavy atom. The van der Waals surface area contributed by atoms with Crippen LogP contribution in [0.5, 0.6) is 0 Å². The van der Waals surface area contributed by atoms with Crippen LogP contribution in [0.2, 0.25) is 0 Å². The fourth-order valence-electron chi connectivity index (χ4n) is 3.06. The Kier molecular flexibility index (Phi) is 12.5. The van der Waals surface area contributed by atoms with Crippen LogP contribution < -0.4 is 16.7 Å². The predicted molar refractivity (Wildman–Crippen MR) is 131 cm³/mol. The van der Waals surface area contributed by atoms with Crippen LogP contribution in [-0.2, 0) is 41.1 Å². The summed E-state index contributed by atoms with van der Waals surface area (Å²) in [4.78, 5) is 63.6. The number of nitrogen functional groups attached to an aromatic ring is 1. The van der Waals surface area contributed by atoms with Crippen molar-refractivity contribution in [3.63, 3.8) is 0 Å². The second-order valence-electron chi connectivity index (χ2n) is 7.85. The number of phosphoric acid groups is 3. The molecule has 7 N–H and O–H groups in total. The molecule has 1 amide bonds. The van der Waals surface area contributed by atoms with E-state index in [0.717, 1.165) is 11.0 Å². The van der Waals surface area contributed by atoms with Gasteiger partial charge in [-0.15, -0.1) is 0 Å². The van der Waals surface area contributed by atoms with Crippen molar-refractivity contribution in [1.29, 1.82) is 0 Å². The largest absolute Gasteiger partial charge is 0.490 e. The number of carbonyl (C=O) groups is 1. The molecular weight excluding hydrogens is 589 g/mol. The van der Waals surface area contributed by atoms with Crippen LogP contribution in [0, 0.1) is 11.8 Å². The van der Waals surface area contributed by atoms with E-state index >= 15 is 0 Å². The summed E-state index contributed by atoms with van der Waals surface area (Å²) in [6.45, 7) is 2.16. The lowest BCUT2D eigenvalue weighted by atomic mass is 10.2. The van der Waals surface area contributed by atoms with Gasteiger partial charge in [-0.05, 0) is 19.3 Å². The third kappa shape index (κ3) is 12.4. The number of nitrogens with two attached hydrogens (primary N) is 1. The van der Waals surface area contributed by atoms with E-state index in [-0.39, 0.29) is 43.1 Å². The van der Waals surface area contributed by atoms with Crippen LogP contribution in [0.4, 0.5) is 5.82 Å². The van der Waals surface area contributed by atoms with Gasteiger partial charge in [-0.3, -0.25) is 13.9 Å². The summed E-state index contributed by atoms with van der Waals surface area (Å²) in [6, 6.07) is 0. The second-order valence-corrected chi connectivity index (χ2v) is 12.3. The summed E-state index contributed by atoms with van der Waals surface area (Å²) in [6.07, 6.45) is 0.954. The SMILES string of the molecule is CCCOCCC(=O)NCC#Cc1cn([C@H]2CC[C@@H](COP(=O)(O)OP(=O)(O)OP(=O)(O)O)O2)c(=O)nc1N. The molecule has 1 saturated heterocycles. The number of nitrogens with one attached hydrogen (secondary N) is 1. The van der Waals surface area contributed by atoms with Gasteiger partial charge < -0.3 is 40.1 Å². The molecule has 39 heavy (non-hydrogen) atoms. The molecule has 0 spiro atoms. The number of hydrogen-bond acceptors (Lipinski definition) is 12. The number of hydrogen-bond donors (Lipinski definition) is 6. The first-order valence-electron chi connectivity index (χ1n) is 11.3. The van der Waals surface area contributed by atoms with Crippen molar-refractivity contribution < 1.29 is 60.7 Å². The number of nitrogens with zero attached hydrogens (tertiary/aromatic N) is 2. The molecule has 0 aliphatic carbocycles. The number of rotatable bonds is 14. The molecule has 4 atom stereocenters. The van der Waals surface area contributed by atoms with E-state index in [1.165, 1.54) is 6.20 Å². The van der Waals surface area contributed by atoms with Gasteiger partial charge in [-0.2, -0.15) is 13.6 Å². The van der Waals surface area contributed by atoms with E-state index in [9.17, 15) is 33.1 Å². The maximum Gasteiger partial charge on any atom is 0.490 e. The van der Waals surface area contributed by atoms with Gasteiger partial charge in [0, 0.05) is 19.2 Å². The fourth-order valence-corrected chi connectivity index (χ4v) is 6.11. The first-order valence-corrected chi connectivity index (χ1v) is 15.8. The molecule has 0 radical (unpaired) electrons. The van der Waals surface area contributed by atoms with Crippen LogP contribution in [0.25, 0.3) is 0 Å². The van der Waals surface area contributed by atoms with Crippen molar-refractivity contribution in [3.8, 4) is 11.8 Å². The molecule has 0 bridgehead atoms. The molecule has 1 aliphatic rings. The Hall–Kier alpha value is -1.96. The third-order valence-corrected chi connectivity index (χ3v) is 8.44. The predicted octanol–water partition coefficient (Wildman–Crippen LogP) is 0.131. The highest BCUT2D eigenvalue weighted by atomic mass is 31.3. The lowest BCUT2D eigenvalue weighted by Crippen LogP contribution is -2.29. The van der Waals surface area contributed by atoms with Crippen molar-refractivity contribution in [1.82, 2.24) is 14.9 Å². The number of anilines is 1. The van der Waals surface area contributed by atoms with Crippen LogP contribution in [0.15, 0.2) is 11.0 Å². The fraction of sp³-hybridized carbons (Fsp3) is 0.611. The van der Waals surface area contributed by atoms with Crippen LogP contribution in [0.3, 0.4) is 0 Å². The summed E-state index contributed by atoms with van der Waals surface area (Å²) in [5.41, 5.74) is 5.18. The molecule has 21 heteroatoms. The highest BCUT2D eigenvalue weighted by Crippen LogP contribution is 2.66. The zero-order chi connectivity index (χ0) is 29.3. The first kappa shape index (κ1) is 33.2. The Bertz CT molecular complexity index is 1270. The van der Waals surface area contributed by atoms with Crippen molar-refractivity contribution in [2.45, 2.75) is 44.9 Å². The molecule has 0 saturated carbocycles. The van der Waals surface area contributed by atoms with E-state index in [0.29, 0.717) is 13.2 Å². The van der Waals surface area contributed by atoms with Gasteiger partial charge in [-0.25, -0.2) is 18.5 Å². The summed E-state index contributed by atoms with van der Waals surface area (Å²) < 4.78 is 57.7. The summed E-state index contributed by atoms with van der Waals surface area (Å²) in [5, 5.41) is 2.59. The van der Waals surface area contributed by atoms with Crippen LogP contribution >= 0.6 is 23.5 Å². The maximum atomic E-state index is 12.3. The summed E-state index contributed by atoms with van der Waals surface area (Å²) >= 11 is 0. The van der Waals surface area contributed by atoms with E-state index in [2.05, 4.69) is 35.3 Å². The van der Waals surface area contributed by atoms with Gasteiger partial charge in [0.25, 0.3) is 0 Å². The average Bonchev–Trinajstić information content (AvgIpc) is 3.26. The molecule has 2 unspecified atom stereocenters. The van der Waals surface area contributed by atoms with Gasteiger partial charge in [0.05, 0.1) is 31.4 Å². The standard InChI is InChI=1S/C18H29N4O14P3/c1-2-9-32-10-7-15(23)20-8-3-4-13-11-22(18(24)21-17(13)19)16-6-5-14(34-16)12-33-38(28,29)36-39(30,31)35-37(25,26)27/h11,14,16H,2,5-10,12H2,1H3,(H,20,23)(H,28,29)(H,30,31)(H2,19,21,24)(H2,25,26,27)/t14-,16+/m0/s1. The Labute approximate surface area is 222 Å². The summed E-state index contributed by atoms with van der Waals surface area (Å²) in [5.74, 6) is 5.00. The van der Waals surface area contributed by atoms with E-state index in [1.54, 1.807) is 0 Å². The molecule has 2 rings (SSSR count). The highest BCUT2D eigenvalue weighted by Gasteiger charge is 2.41. The number of amides is 1. The van der Waals surface area contributed by atoms with Crippen LogP contribution in [0.1, 0.15) is 44.4 Å². The van der Waals surface area contributed by atoms with Gasteiger partial charge in [0.1, 0.15) is 12.0 Å². The van der Waals surface area contributed by atoms with Gasteiger partial charge in [0.15, 0.2) is 0 Å². The minimum absolute atomic E-state index is 0.00772. The molecule has 220 valence electrons. The Balaban J connectivity index is 1.94. The van der Waals surface area contributed by atoms with E-state index in [4.69, 9.17) is 25.0 Å². The Morgan fingerprint density at radius 3 is 2.59 bits per heavy atom. The number of carbonyl (C=O) groups excluding carboxylic acids is 1. The second kappa shape index (κ2) is 14.6. The Morgan fingerprint density at radius 2 is 1.92 bits per heavy atom. The lowest BCUT2D eigenvalue weighted by molar-refractivity contribution is -0.121. The number of phosphoric ester groups is 1. The molecule has 1 fully saturated rings. The molecule has 1 aromatic heterocycles. The average molecular weight is 618 g/mol. The normalized spacial score (nSPS) is 20.4. The molecule has 2 heterocycles.